The van der Waals surface area contributed by atoms with Crippen molar-refractivity contribution in [2.75, 3.05) is 0 Å². The molecule has 0 radical (unpaired) electrons. The van der Waals surface area contributed by atoms with Crippen molar-refractivity contribution >= 4 is 11.3 Å². The molecule has 0 fully saturated rings. The van der Waals surface area contributed by atoms with E-state index in [0.29, 0.717) is 0 Å². The van der Waals surface area contributed by atoms with Crippen molar-refractivity contribution in [3.8, 4) is 10.4 Å². The molecule has 1 aromatic heterocycles. The van der Waals surface area contributed by atoms with E-state index in [9.17, 15) is 0 Å². The monoisotopic (exact) mass is 258 g/mol. The van der Waals surface area contributed by atoms with Crippen molar-refractivity contribution in [2.45, 2.75) is 48.5 Å². The van der Waals surface area contributed by atoms with Crippen molar-refractivity contribution in [3.05, 3.63) is 44.3 Å². The SMILES string of the molecule is Cc1cc(-c2sc(C)c(C)c2C)c(C)c(C)c1C. The van der Waals surface area contributed by atoms with Crippen LogP contribution >= 0.6 is 11.3 Å². The van der Waals surface area contributed by atoms with E-state index in [2.05, 4.69) is 54.5 Å². The maximum absolute atomic E-state index is 2.36. The summed E-state index contributed by atoms with van der Waals surface area (Å²) >= 11 is 1.93. The Morgan fingerprint density at radius 2 is 1.28 bits per heavy atom. The fourth-order valence-corrected chi connectivity index (χ4v) is 3.69. The highest BCUT2D eigenvalue weighted by molar-refractivity contribution is 7.15. The van der Waals surface area contributed by atoms with E-state index < -0.39 is 0 Å². The zero-order chi connectivity index (χ0) is 13.6. The zero-order valence-electron chi connectivity index (χ0n) is 12.5. The molecule has 0 saturated carbocycles. The molecular formula is C17H22S. The van der Waals surface area contributed by atoms with Crippen molar-refractivity contribution < 1.29 is 0 Å². The summed E-state index contributed by atoms with van der Waals surface area (Å²) in [7, 11) is 0. The first-order valence-corrected chi connectivity index (χ1v) is 7.30. The molecule has 96 valence electrons. The lowest BCUT2D eigenvalue weighted by Gasteiger charge is -2.14. The predicted octanol–water partition coefficient (Wildman–Crippen LogP) is 5.57. The van der Waals surface area contributed by atoms with E-state index in [-0.39, 0.29) is 0 Å². The second kappa shape index (κ2) is 4.55. The summed E-state index contributed by atoms with van der Waals surface area (Å²) in [6, 6.07) is 2.36. The fraction of sp³-hybridized carbons (Fsp3) is 0.412. The first-order chi connectivity index (χ1) is 8.34. The van der Waals surface area contributed by atoms with Crippen molar-refractivity contribution in [2.24, 2.45) is 0 Å². The van der Waals surface area contributed by atoms with Crippen LogP contribution in [0.15, 0.2) is 6.07 Å². The Hall–Kier alpha value is -1.08. The van der Waals surface area contributed by atoms with Crippen LogP contribution < -0.4 is 0 Å². The summed E-state index contributed by atoms with van der Waals surface area (Å²) in [6.45, 7) is 15.6. The second-order valence-electron chi connectivity index (χ2n) is 5.35. The number of hydrogen-bond donors (Lipinski definition) is 0. The van der Waals surface area contributed by atoms with Gasteiger partial charge in [-0.2, -0.15) is 0 Å². The van der Waals surface area contributed by atoms with E-state index in [0.717, 1.165) is 0 Å². The van der Waals surface area contributed by atoms with Crippen molar-refractivity contribution in [3.63, 3.8) is 0 Å². The van der Waals surface area contributed by atoms with Gasteiger partial charge in [-0.25, -0.2) is 0 Å². The molecule has 0 unspecified atom stereocenters. The van der Waals surface area contributed by atoms with Crippen LogP contribution in [0.4, 0.5) is 0 Å². The number of rotatable bonds is 1. The molecule has 18 heavy (non-hydrogen) atoms. The molecule has 1 aromatic carbocycles. The molecule has 1 heterocycles. The fourth-order valence-electron chi connectivity index (χ4n) is 2.45. The molecule has 1 heteroatoms. The van der Waals surface area contributed by atoms with E-state index >= 15 is 0 Å². The summed E-state index contributed by atoms with van der Waals surface area (Å²) in [5.41, 5.74) is 10.0. The van der Waals surface area contributed by atoms with Gasteiger partial charge in [-0.05, 0) is 87.4 Å². The van der Waals surface area contributed by atoms with Gasteiger partial charge in [-0.15, -0.1) is 11.3 Å². The molecule has 2 rings (SSSR count). The average Bonchev–Trinajstić information content (AvgIpc) is 2.59. The van der Waals surface area contributed by atoms with Crippen LogP contribution in [-0.2, 0) is 0 Å². The quantitative estimate of drug-likeness (QED) is 0.627. The van der Waals surface area contributed by atoms with Gasteiger partial charge in [-0.1, -0.05) is 6.07 Å². The Morgan fingerprint density at radius 3 is 1.78 bits per heavy atom. The van der Waals surface area contributed by atoms with Gasteiger partial charge in [0.2, 0.25) is 0 Å². The molecule has 0 aliphatic rings. The third-order valence-corrected chi connectivity index (χ3v) is 5.75. The van der Waals surface area contributed by atoms with Crippen LogP contribution in [0.1, 0.15) is 38.3 Å². The molecule has 0 atom stereocenters. The van der Waals surface area contributed by atoms with Gasteiger partial charge in [0.15, 0.2) is 0 Å². The highest BCUT2D eigenvalue weighted by atomic mass is 32.1. The number of thiophene rings is 1. The van der Waals surface area contributed by atoms with Gasteiger partial charge >= 0.3 is 0 Å². The van der Waals surface area contributed by atoms with Gasteiger partial charge in [-0.3, -0.25) is 0 Å². The first-order valence-electron chi connectivity index (χ1n) is 6.49. The average molecular weight is 258 g/mol. The van der Waals surface area contributed by atoms with Crippen LogP contribution in [0.5, 0.6) is 0 Å². The van der Waals surface area contributed by atoms with Crippen LogP contribution in [0.2, 0.25) is 0 Å². The van der Waals surface area contributed by atoms with Gasteiger partial charge in [0.05, 0.1) is 0 Å². The molecule has 0 aliphatic heterocycles. The van der Waals surface area contributed by atoms with Crippen LogP contribution in [-0.4, -0.2) is 0 Å². The van der Waals surface area contributed by atoms with Gasteiger partial charge in [0.1, 0.15) is 0 Å². The minimum atomic E-state index is 1.40. The normalized spacial score (nSPS) is 11.1. The molecule has 0 saturated heterocycles. The molecule has 0 N–H and O–H groups in total. The summed E-state index contributed by atoms with van der Waals surface area (Å²) in [6.07, 6.45) is 0. The standard InChI is InChI=1S/C17H22S/c1-9-8-16(13(5)11(3)10(9)2)17-14(6)12(4)15(7)18-17/h8H,1-7H3. The highest BCUT2D eigenvalue weighted by Gasteiger charge is 2.15. The Morgan fingerprint density at radius 1 is 0.667 bits per heavy atom. The molecule has 0 amide bonds. The Labute approximate surface area is 115 Å². The smallest absolute Gasteiger partial charge is 0.0380 e. The molecule has 2 aromatic rings. The molecular weight excluding hydrogens is 236 g/mol. The maximum Gasteiger partial charge on any atom is 0.0380 e. The highest BCUT2D eigenvalue weighted by Crippen LogP contribution is 2.39. The minimum Gasteiger partial charge on any atom is -0.140 e. The van der Waals surface area contributed by atoms with Gasteiger partial charge in [0.25, 0.3) is 0 Å². The largest absolute Gasteiger partial charge is 0.140 e. The Bertz CT molecular complexity index is 615. The third-order valence-electron chi connectivity index (χ3n) is 4.41. The summed E-state index contributed by atoms with van der Waals surface area (Å²) in [5.74, 6) is 0. The summed E-state index contributed by atoms with van der Waals surface area (Å²) in [4.78, 5) is 2.89. The van der Waals surface area contributed by atoms with Gasteiger partial charge < -0.3 is 0 Å². The maximum atomic E-state index is 2.36. The lowest BCUT2D eigenvalue weighted by atomic mass is 9.92. The van der Waals surface area contributed by atoms with Crippen LogP contribution in [0.25, 0.3) is 10.4 Å². The Balaban J connectivity index is 2.76. The van der Waals surface area contributed by atoms with Crippen molar-refractivity contribution in [1.82, 2.24) is 0 Å². The number of benzene rings is 1. The topological polar surface area (TPSA) is 0 Å². The lowest BCUT2D eigenvalue weighted by molar-refractivity contribution is 1.22. The number of hydrogen-bond acceptors (Lipinski definition) is 1. The van der Waals surface area contributed by atoms with Crippen LogP contribution in [0.3, 0.4) is 0 Å². The molecule has 0 spiro atoms. The van der Waals surface area contributed by atoms with Gasteiger partial charge in [0, 0.05) is 9.75 Å². The number of aryl methyl sites for hydroxylation is 2. The lowest BCUT2D eigenvalue weighted by Crippen LogP contribution is -1.94. The molecule has 0 bridgehead atoms. The van der Waals surface area contributed by atoms with E-state index in [1.807, 2.05) is 11.3 Å². The van der Waals surface area contributed by atoms with E-state index in [1.54, 1.807) is 0 Å². The predicted molar refractivity (Wildman–Crippen MR) is 82.9 cm³/mol. The Kier molecular flexibility index (Phi) is 3.37. The summed E-state index contributed by atoms with van der Waals surface area (Å²) in [5, 5.41) is 0. The van der Waals surface area contributed by atoms with E-state index in [4.69, 9.17) is 0 Å². The third kappa shape index (κ3) is 1.91. The molecule has 0 aliphatic carbocycles. The van der Waals surface area contributed by atoms with Crippen LogP contribution in [0, 0.1) is 48.5 Å². The zero-order valence-corrected chi connectivity index (χ0v) is 13.3. The molecule has 0 nitrogen and oxygen atoms in total. The second-order valence-corrected chi connectivity index (χ2v) is 6.58. The van der Waals surface area contributed by atoms with E-state index in [1.165, 1.54) is 48.7 Å². The summed E-state index contributed by atoms with van der Waals surface area (Å²) < 4.78 is 0. The first kappa shape index (κ1) is 13.4. The van der Waals surface area contributed by atoms with Crippen molar-refractivity contribution in [1.29, 1.82) is 0 Å². The minimum absolute atomic E-state index is 1.40.